The summed E-state index contributed by atoms with van der Waals surface area (Å²) >= 11 is 0. The third-order valence-corrected chi connectivity index (χ3v) is 2.28. The van der Waals surface area contributed by atoms with Gasteiger partial charge in [-0.25, -0.2) is 0 Å². The molecule has 0 saturated heterocycles. The van der Waals surface area contributed by atoms with Gasteiger partial charge < -0.3 is 4.74 Å². The van der Waals surface area contributed by atoms with Crippen LogP contribution in [-0.2, 0) is 4.74 Å². The zero-order chi connectivity index (χ0) is 9.78. The van der Waals surface area contributed by atoms with Crippen molar-refractivity contribution < 1.29 is 4.74 Å². The summed E-state index contributed by atoms with van der Waals surface area (Å²) in [5, 5.41) is 0. The maximum absolute atomic E-state index is 5.53. The van der Waals surface area contributed by atoms with Gasteiger partial charge in [-0.1, -0.05) is 52.4 Å². The Morgan fingerprint density at radius 1 is 0.643 bits per heavy atom. The van der Waals surface area contributed by atoms with Crippen molar-refractivity contribution in [3.63, 3.8) is 0 Å². The van der Waals surface area contributed by atoms with E-state index in [1.54, 1.807) is 0 Å². The molecule has 0 spiro atoms. The lowest BCUT2D eigenvalue weighted by Gasteiger charge is -2.03. The lowest BCUT2D eigenvalue weighted by molar-refractivity contribution is 0.126. The van der Waals surface area contributed by atoms with Gasteiger partial charge in [0.1, 0.15) is 0 Å². The Bertz CT molecular complexity index is 76.4. The Hall–Kier alpha value is 0.726. The van der Waals surface area contributed by atoms with Crippen LogP contribution in [-0.4, -0.2) is 36.3 Å². The molecule has 0 aliphatic heterocycles. The predicted octanol–water partition coefficient (Wildman–Crippen LogP) is 3.25. The zero-order valence-corrected chi connectivity index (χ0v) is 9.48. The molecule has 0 N–H and O–H groups in total. The minimum atomic E-state index is 0. The molecule has 0 heterocycles. The molecule has 1 nitrogen and oxygen atoms in total. The van der Waals surface area contributed by atoms with Gasteiger partial charge in [-0.05, 0) is 12.8 Å². The molecule has 0 saturated carbocycles. The SMILES string of the molecule is CCCCCCOCCCCCC.[MgH2]. The van der Waals surface area contributed by atoms with E-state index in [4.69, 9.17) is 4.74 Å². The smallest absolute Gasteiger partial charge is 0.316 e. The van der Waals surface area contributed by atoms with E-state index in [-0.39, 0.29) is 23.1 Å². The van der Waals surface area contributed by atoms with Gasteiger partial charge >= 0.3 is 23.1 Å². The molecule has 84 valence electrons. The second-order valence-electron chi connectivity index (χ2n) is 3.73. The summed E-state index contributed by atoms with van der Waals surface area (Å²) in [7, 11) is 0. The second-order valence-corrected chi connectivity index (χ2v) is 3.73. The molecule has 0 aromatic rings. The lowest BCUT2D eigenvalue weighted by Crippen LogP contribution is -1.96. The van der Waals surface area contributed by atoms with Crippen LogP contribution in [0, 0.1) is 0 Å². The molecule has 0 bridgehead atoms. The molecule has 0 aliphatic rings. The van der Waals surface area contributed by atoms with E-state index in [0.717, 1.165) is 13.2 Å². The summed E-state index contributed by atoms with van der Waals surface area (Å²) in [5.41, 5.74) is 0. The molecule has 0 aromatic heterocycles. The standard InChI is InChI=1S/C12H26O.Mg.2H/c1-3-5-7-9-11-13-12-10-8-6-4-2;;;/h3-12H2,1-2H3;;;. The second kappa shape index (κ2) is 16.2. The Morgan fingerprint density at radius 3 is 1.43 bits per heavy atom. The number of ether oxygens (including phenoxy) is 1. The topological polar surface area (TPSA) is 9.23 Å². The molecule has 14 heavy (non-hydrogen) atoms. The largest absolute Gasteiger partial charge is 0.381 e. The van der Waals surface area contributed by atoms with Crippen LogP contribution < -0.4 is 0 Å². The fourth-order valence-corrected chi connectivity index (χ4v) is 1.36. The summed E-state index contributed by atoms with van der Waals surface area (Å²) < 4.78 is 5.53. The normalized spacial score (nSPS) is 9.86. The first kappa shape index (κ1) is 17.1. The third-order valence-electron chi connectivity index (χ3n) is 2.28. The number of rotatable bonds is 10. The minimum absolute atomic E-state index is 0. The predicted molar refractivity (Wildman–Crippen MR) is 67.6 cm³/mol. The first-order valence-corrected chi connectivity index (χ1v) is 5.99. The van der Waals surface area contributed by atoms with E-state index in [1.165, 1.54) is 51.4 Å². The van der Waals surface area contributed by atoms with Crippen LogP contribution >= 0.6 is 0 Å². The van der Waals surface area contributed by atoms with Crippen molar-refractivity contribution in [3.05, 3.63) is 0 Å². The van der Waals surface area contributed by atoms with Gasteiger partial charge in [0, 0.05) is 13.2 Å². The van der Waals surface area contributed by atoms with Crippen molar-refractivity contribution in [2.75, 3.05) is 13.2 Å². The van der Waals surface area contributed by atoms with E-state index in [0.29, 0.717) is 0 Å². The molecular formula is C12H28MgO. The van der Waals surface area contributed by atoms with Crippen LogP contribution in [0.1, 0.15) is 65.2 Å². The van der Waals surface area contributed by atoms with Crippen LogP contribution in [0.4, 0.5) is 0 Å². The van der Waals surface area contributed by atoms with Gasteiger partial charge in [0.05, 0.1) is 0 Å². The molecule has 0 radical (unpaired) electrons. The highest BCUT2D eigenvalue weighted by Crippen LogP contribution is 2.01. The Morgan fingerprint density at radius 2 is 1.07 bits per heavy atom. The van der Waals surface area contributed by atoms with Gasteiger partial charge in [-0.2, -0.15) is 0 Å². The maximum Gasteiger partial charge on any atom is 0.316 e. The van der Waals surface area contributed by atoms with Gasteiger partial charge in [0.15, 0.2) is 0 Å². The van der Waals surface area contributed by atoms with Crippen LogP contribution in [0.15, 0.2) is 0 Å². The number of unbranched alkanes of at least 4 members (excludes halogenated alkanes) is 6. The average molecular weight is 213 g/mol. The Kier molecular flexibility index (Phi) is 19.8. The molecule has 0 aromatic carbocycles. The van der Waals surface area contributed by atoms with Crippen LogP contribution in [0.3, 0.4) is 0 Å². The third kappa shape index (κ3) is 15.2. The summed E-state index contributed by atoms with van der Waals surface area (Å²) in [5.74, 6) is 0. The zero-order valence-electron chi connectivity index (χ0n) is 9.48. The molecule has 0 fully saturated rings. The quantitative estimate of drug-likeness (QED) is 0.399. The first-order chi connectivity index (χ1) is 6.41. The van der Waals surface area contributed by atoms with Gasteiger partial charge in [-0.15, -0.1) is 0 Å². The molecule has 2 heteroatoms. The van der Waals surface area contributed by atoms with Crippen molar-refractivity contribution in [2.24, 2.45) is 0 Å². The van der Waals surface area contributed by atoms with Crippen molar-refractivity contribution in [3.8, 4) is 0 Å². The van der Waals surface area contributed by atoms with E-state index < -0.39 is 0 Å². The monoisotopic (exact) mass is 212 g/mol. The van der Waals surface area contributed by atoms with Crippen LogP contribution in [0.25, 0.3) is 0 Å². The highest BCUT2D eigenvalue weighted by atomic mass is 24.3. The average Bonchev–Trinajstić information content (AvgIpc) is 2.16. The summed E-state index contributed by atoms with van der Waals surface area (Å²) in [6.07, 6.45) is 10.5. The van der Waals surface area contributed by atoms with E-state index in [9.17, 15) is 0 Å². The van der Waals surface area contributed by atoms with Crippen molar-refractivity contribution in [2.45, 2.75) is 65.2 Å². The summed E-state index contributed by atoms with van der Waals surface area (Å²) in [6.45, 7) is 6.44. The first-order valence-electron chi connectivity index (χ1n) is 5.99. The summed E-state index contributed by atoms with van der Waals surface area (Å²) in [4.78, 5) is 0. The molecule has 0 amide bonds. The Labute approximate surface area is 106 Å². The molecule has 0 atom stereocenters. The summed E-state index contributed by atoms with van der Waals surface area (Å²) in [6, 6.07) is 0. The number of hydrogen-bond acceptors (Lipinski definition) is 1. The highest BCUT2D eigenvalue weighted by molar-refractivity contribution is 5.75. The van der Waals surface area contributed by atoms with Gasteiger partial charge in [-0.3, -0.25) is 0 Å². The molecule has 0 unspecified atom stereocenters. The fraction of sp³-hybridized carbons (Fsp3) is 1.00. The maximum atomic E-state index is 5.53. The fourth-order valence-electron chi connectivity index (χ4n) is 1.36. The molecular weight excluding hydrogens is 184 g/mol. The van der Waals surface area contributed by atoms with E-state index in [2.05, 4.69) is 13.8 Å². The molecule has 0 aliphatic carbocycles. The van der Waals surface area contributed by atoms with Gasteiger partial charge in [0.25, 0.3) is 0 Å². The minimum Gasteiger partial charge on any atom is -0.381 e. The van der Waals surface area contributed by atoms with Gasteiger partial charge in [0.2, 0.25) is 0 Å². The molecule has 0 rings (SSSR count). The van der Waals surface area contributed by atoms with E-state index in [1.807, 2.05) is 0 Å². The van der Waals surface area contributed by atoms with Crippen molar-refractivity contribution in [1.29, 1.82) is 0 Å². The van der Waals surface area contributed by atoms with Crippen molar-refractivity contribution in [1.82, 2.24) is 0 Å². The Balaban J connectivity index is 0. The number of hydrogen-bond donors (Lipinski definition) is 0. The van der Waals surface area contributed by atoms with Crippen LogP contribution in [0.2, 0.25) is 0 Å². The highest BCUT2D eigenvalue weighted by Gasteiger charge is 1.90. The van der Waals surface area contributed by atoms with Crippen LogP contribution in [0.5, 0.6) is 0 Å². The lowest BCUT2D eigenvalue weighted by atomic mass is 10.2. The van der Waals surface area contributed by atoms with Crippen molar-refractivity contribution >= 4 is 23.1 Å². The van der Waals surface area contributed by atoms with E-state index >= 15 is 0 Å².